The van der Waals surface area contributed by atoms with E-state index in [0.29, 0.717) is 23.4 Å². The van der Waals surface area contributed by atoms with Crippen LogP contribution < -0.4 is 10.0 Å². The molecule has 0 saturated heterocycles. The average molecular weight is 351 g/mol. The van der Waals surface area contributed by atoms with Gasteiger partial charge in [0, 0.05) is 30.8 Å². The first-order chi connectivity index (χ1) is 8.90. The van der Waals surface area contributed by atoms with E-state index in [1.54, 1.807) is 13.2 Å². The molecule has 0 bridgehead atoms. The van der Waals surface area contributed by atoms with E-state index in [9.17, 15) is 8.42 Å². The van der Waals surface area contributed by atoms with Gasteiger partial charge in [0.1, 0.15) is 10.7 Å². The summed E-state index contributed by atoms with van der Waals surface area (Å²) in [6, 6.07) is 1.53. The predicted molar refractivity (Wildman–Crippen MR) is 79.8 cm³/mol. The van der Waals surface area contributed by atoms with Gasteiger partial charge in [0.2, 0.25) is 10.0 Å². The first-order valence-corrected chi connectivity index (χ1v) is 8.19. The standard InChI is InChI=1S/C11H19BrN4O2S/c1-4-16(3)6-5-15-19(17,18)10-7-9(12)8-14-11(10)13-2/h7-8,15H,4-6H2,1-3H3,(H,13,14). The Hall–Kier alpha value is -0.700. The molecule has 0 amide bonds. The van der Waals surface area contributed by atoms with Gasteiger partial charge in [-0.25, -0.2) is 18.1 Å². The first kappa shape index (κ1) is 16.4. The summed E-state index contributed by atoms with van der Waals surface area (Å²) in [6.07, 6.45) is 1.55. The molecular weight excluding hydrogens is 332 g/mol. The first-order valence-electron chi connectivity index (χ1n) is 5.92. The monoisotopic (exact) mass is 350 g/mol. The van der Waals surface area contributed by atoms with Gasteiger partial charge in [0.15, 0.2) is 0 Å². The van der Waals surface area contributed by atoms with Gasteiger partial charge in [-0.1, -0.05) is 6.92 Å². The number of pyridine rings is 1. The van der Waals surface area contributed by atoms with Crippen molar-refractivity contribution in [3.63, 3.8) is 0 Å². The van der Waals surface area contributed by atoms with Crippen LogP contribution in [0.3, 0.4) is 0 Å². The van der Waals surface area contributed by atoms with Gasteiger partial charge in [-0.05, 0) is 35.6 Å². The Morgan fingerprint density at radius 3 is 2.74 bits per heavy atom. The Morgan fingerprint density at radius 1 is 1.47 bits per heavy atom. The highest BCUT2D eigenvalue weighted by Crippen LogP contribution is 2.22. The second-order valence-corrected chi connectivity index (χ2v) is 6.70. The lowest BCUT2D eigenvalue weighted by molar-refractivity contribution is 0.358. The number of nitrogens with zero attached hydrogens (tertiary/aromatic N) is 2. The summed E-state index contributed by atoms with van der Waals surface area (Å²) >= 11 is 3.23. The van der Waals surface area contributed by atoms with E-state index >= 15 is 0 Å². The molecule has 1 rings (SSSR count). The molecule has 0 saturated carbocycles. The maximum Gasteiger partial charge on any atom is 0.244 e. The largest absolute Gasteiger partial charge is 0.372 e. The van der Waals surface area contributed by atoms with Crippen LogP contribution in [0.1, 0.15) is 6.92 Å². The molecule has 0 spiro atoms. The van der Waals surface area contributed by atoms with Gasteiger partial charge in [-0.2, -0.15) is 0 Å². The Morgan fingerprint density at radius 2 is 2.16 bits per heavy atom. The van der Waals surface area contributed by atoms with Crippen molar-refractivity contribution >= 4 is 31.8 Å². The molecular formula is C11H19BrN4O2S. The van der Waals surface area contributed by atoms with Crippen LogP contribution in [0.25, 0.3) is 0 Å². The van der Waals surface area contributed by atoms with Crippen LogP contribution in [-0.4, -0.2) is 52.0 Å². The number of rotatable bonds is 7. The van der Waals surface area contributed by atoms with Crippen molar-refractivity contribution in [2.75, 3.05) is 39.0 Å². The van der Waals surface area contributed by atoms with Gasteiger partial charge in [-0.3, -0.25) is 0 Å². The normalized spacial score (nSPS) is 11.8. The fraction of sp³-hybridized carbons (Fsp3) is 0.545. The van der Waals surface area contributed by atoms with Gasteiger partial charge in [0.25, 0.3) is 0 Å². The second-order valence-electron chi connectivity index (χ2n) is 4.04. The summed E-state index contributed by atoms with van der Waals surface area (Å²) in [5, 5.41) is 2.78. The van der Waals surface area contributed by atoms with E-state index in [1.807, 2.05) is 18.9 Å². The summed E-state index contributed by atoms with van der Waals surface area (Å²) in [4.78, 5) is 6.21. The quantitative estimate of drug-likeness (QED) is 0.770. The Labute approximate surface area is 122 Å². The van der Waals surface area contributed by atoms with Crippen LogP contribution in [0, 0.1) is 0 Å². The third-order valence-electron chi connectivity index (χ3n) is 2.67. The van der Waals surface area contributed by atoms with E-state index in [2.05, 4.69) is 31.0 Å². The predicted octanol–water partition coefficient (Wildman–Crippen LogP) is 1.12. The number of hydrogen-bond acceptors (Lipinski definition) is 5. The van der Waals surface area contributed by atoms with E-state index in [-0.39, 0.29) is 4.90 Å². The van der Waals surface area contributed by atoms with Gasteiger partial charge in [0.05, 0.1) is 0 Å². The average Bonchev–Trinajstić information content (AvgIpc) is 2.38. The molecule has 0 fully saturated rings. The summed E-state index contributed by atoms with van der Waals surface area (Å²) in [7, 11) is 0.0164. The van der Waals surface area contributed by atoms with Crippen LogP contribution in [-0.2, 0) is 10.0 Å². The minimum absolute atomic E-state index is 0.142. The highest BCUT2D eigenvalue weighted by atomic mass is 79.9. The summed E-state index contributed by atoms with van der Waals surface area (Å²) in [5.41, 5.74) is 0. The van der Waals surface area contributed by atoms with Gasteiger partial charge in [-0.15, -0.1) is 0 Å². The number of aromatic nitrogens is 1. The fourth-order valence-corrected chi connectivity index (χ4v) is 3.11. The molecule has 8 heteroatoms. The lowest BCUT2D eigenvalue weighted by Crippen LogP contribution is -2.33. The fourth-order valence-electron chi connectivity index (χ4n) is 1.42. The maximum atomic E-state index is 12.2. The van der Waals surface area contributed by atoms with Crippen molar-refractivity contribution in [3.8, 4) is 0 Å². The number of hydrogen-bond donors (Lipinski definition) is 2. The van der Waals surface area contributed by atoms with Crippen LogP contribution >= 0.6 is 15.9 Å². The minimum atomic E-state index is -3.56. The zero-order chi connectivity index (χ0) is 14.5. The summed E-state index contributed by atoms with van der Waals surface area (Å²) in [6.45, 7) is 3.92. The molecule has 2 N–H and O–H groups in total. The lowest BCUT2D eigenvalue weighted by Gasteiger charge is -2.15. The van der Waals surface area contributed by atoms with E-state index in [4.69, 9.17) is 0 Å². The molecule has 0 aliphatic heterocycles. The zero-order valence-corrected chi connectivity index (χ0v) is 13.7. The number of nitrogens with one attached hydrogen (secondary N) is 2. The third kappa shape index (κ3) is 4.72. The summed E-state index contributed by atoms with van der Waals surface area (Å²) < 4.78 is 27.6. The Balaban J connectivity index is 2.85. The van der Waals surface area contributed by atoms with Crippen LogP contribution in [0.5, 0.6) is 0 Å². The molecule has 1 heterocycles. The number of likely N-dealkylation sites (N-methyl/N-ethyl adjacent to an activating group) is 1. The minimum Gasteiger partial charge on any atom is -0.372 e. The number of halogens is 1. The summed E-state index contributed by atoms with van der Waals surface area (Å²) in [5.74, 6) is 0.333. The highest BCUT2D eigenvalue weighted by molar-refractivity contribution is 9.10. The van der Waals surface area contributed by atoms with Crippen molar-refractivity contribution in [1.82, 2.24) is 14.6 Å². The SMILES string of the molecule is CCN(C)CCNS(=O)(=O)c1cc(Br)cnc1NC. The maximum absolute atomic E-state index is 12.2. The van der Waals surface area contributed by atoms with E-state index < -0.39 is 10.0 Å². The van der Waals surface area contributed by atoms with Crippen LogP contribution in [0.2, 0.25) is 0 Å². The third-order valence-corrected chi connectivity index (χ3v) is 4.58. The molecule has 19 heavy (non-hydrogen) atoms. The second kappa shape index (κ2) is 7.18. The lowest BCUT2D eigenvalue weighted by atomic mass is 10.4. The molecule has 0 unspecified atom stereocenters. The van der Waals surface area contributed by atoms with E-state index in [1.165, 1.54) is 6.07 Å². The zero-order valence-electron chi connectivity index (χ0n) is 11.3. The van der Waals surface area contributed by atoms with E-state index in [0.717, 1.165) is 6.54 Å². The van der Waals surface area contributed by atoms with Crippen molar-refractivity contribution in [3.05, 3.63) is 16.7 Å². The van der Waals surface area contributed by atoms with Crippen molar-refractivity contribution in [2.45, 2.75) is 11.8 Å². The van der Waals surface area contributed by atoms with Gasteiger partial charge < -0.3 is 10.2 Å². The molecule has 0 aromatic carbocycles. The molecule has 108 valence electrons. The molecule has 1 aromatic heterocycles. The molecule has 1 aromatic rings. The topological polar surface area (TPSA) is 74.3 Å². The van der Waals surface area contributed by atoms with Crippen molar-refractivity contribution in [2.24, 2.45) is 0 Å². The Kier molecular flexibility index (Phi) is 6.18. The molecule has 0 atom stereocenters. The molecule has 6 nitrogen and oxygen atoms in total. The Bertz CT molecular complexity index is 521. The van der Waals surface area contributed by atoms with Gasteiger partial charge >= 0.3 is 0 Å². The molecule has 0 aliphatic carbocycles. The number of anilines is 1. The highest BCUT2D eigenvalue weighted by Gasteiger charge is 2.19. The van der Waals surface area contributed by atoms with Crippen molar-refractivity contribution in [1.29, 1.82) is 0 Å². The molecule has 0 aliphatic rings. The van der Waals surface area contributed by atoms with Crippen molar-refractivity contribution < 1.29 is 8.42 Å². The smallest absolute Gasteiger partial charge is 0.244 e. The van der Waals surface area contributed by atoms with Crippen LogP contribution in [0.15, 0.2) is 21.6 Å². The van der Waals surface area contributed by atoms with Crippen LogP contribution in [0.4, 0.5) is 5.82 Å². The number of sulfonamides is 1. The molecule has 0 radical (unpaired) electrons.